The molecule has 1 heterocycles. The Labute approximate surface area is 249 Å². The van der Waals surface area contributed by atoms with E-state index in [1.54, 1.807) is 4.90 Å². The van der Waals surface area contributed by atoms with Crippen molar-refractivity contribution in [2.45, 2.75) is 40.8 Å². The first-order valence-electron chi connectivity index (χ1n) is 14.3. The molecule has 0 fully saturated rings. The Hall–Kier alpha value is -3.83. The minimum absolute atomic E-state index is 0.0371. The van der Waals surface area contributed by atoms with Crippen LogP contribution >= 0.6 is 11.6 Å². The largest absolute Gasteiger partial charge is 0.345 e. The second kappa shape index (κ2) is 14.2. The van der Waals surface area contributed by atoms with Crippen LogP contribution in [0.3, 0.4) is 0 Å². The summed E-state index contributed by atoms with van der Waals surface area (Å²) in [7, 11) is 0. The normalized spacial score (nSPS) is 11.2. The van der Waals surface area contributed by atoms with E-state index in [0.717, 1.165) is 27.4 Å². The molecule has 0 aliphatic heterocycles. The van der Waals surface area contributed by atoms with Gasteiger partial charge in [-0.05, 0) is 58.9 Å². The highest BCUT2D eigenvalue weighted by Crippen LogP contribution is 2.21. The molecule has 0 N–H and O–H groups in total. The lowest BCUT2D eigenvalue weighted by atomic mass is 10.0. The van der Waals surface area contributed by atoms with Gasteiger partial charge in [-0.15, -0.1) is 0 Å². The van der Waals surface area contributed by atoms with Crippen LogP contribution < -0.4 is 0 Å². The zero-order valence-corrected chi connectivity index (χ0v) is 25.2. The lowest BCUT2D eigenvalue weighted by Gasteiger charge is -2.30. The van der Waals surface area contributed by atoms with Crippen molar-refractivity contribution in [1.29, 1.82) is 0 Å². The Morgan fingerprint density at radius 2 is 1.34 bits per heavy atom. The Morgan fingerprint density at radius 3 is 2.00 bits per heavy atom. The topological polar surface area (TPSA) is 45.6 Å². The number of amides is 2. The lowest BCUT2D eigenvalue weighted by molar-refractivity contribution is -0.133. The summed E-state index contributed by atoms with van der Waals surface area (Å²) >= 11 is 6.42. The Bertz CT molecular complexity index is 1430. The number of carbonyl (C=O) groups excluding carboxylic acids is 2. The standard InChI is InChI=1S/C35H40ClN3O2/c1-26(2)21-38(24-32-14-10-20-37(32)23-31-13-8-9-15-33(31)36)34(40)25-39(22-27(3)4)35(41)30-18-16-29(17-19-30)28-11-6-5-7-12-28/h5-20,26-27H,21-25H2,1-4H3. The van der Waals surface area contributed by atoms with Crippen LogP contribution in [0.25, 0.3) is 11.1 Å². The fourth-order valence-electron chi connectivity index (χ4n) is 4.99. The van der Waals surface area contributed by atoms with E-state index in [2.05, 4.69) is 44.4 Å². The Balaban J connectivity index is 1.51. The zero-order chi connectivity index (χ0) is 29.4. The summed E-state index contributed by atoms with van der Waals surface area (Å²) in [5.41, 5.74) is 4.79. The summed E-state index contributed by atoms with van der Waals surface area (Å²) in [6, 6.07) is 29.6. The smallest absolute Gasteiger partial charge is 0.254 e. The van der Waals surface area contributed by atoms with Gasteiger partial charge in [-0.1, -0.05) is 100.0 Å². The quantitative estimate of drug-likeness (QED) is 0.176. The SMILES string of the molecule is CC(C)CN(Cc1cccn1Cc1ccccc1Cl)C(=O)CN(CC(C)C)C(=O)c1ccc(-c2ccccc2)cc1. The number of nitrogens with zero attached hydrogens (tertiary/aromatic N) is 3. The molecule has 2 amide bonds. The van der Waals surface area contributed by atoms with Crippen LogP contribution in [0.4, 0.5) is 0 Å². The van der Waals surface area contributed by atoms with E-state index in [4.69, 9.17) is 11.6 Å². The van der Waals surface area contributed by atoms with E-state index < -0.39 is 0 Å². The van der Waals surface area contributed by atoms with Crippen molar-refractivity contribution in [3.05, 3.63) is 119 Å². The van der Waals surface area contributed by atoms with E-state index in [0.29, 0.717) is 31.7 Å². The van der Waals surface area contributed by atoms with Gasteiger partial charge in [0.25, 0.3) is 5.91 Å². The van der Waals surface area contributed by atoms with Crippen molar-refractivity contribution in [1.82, 2.24) is 14.4 Å². The van der Waals surface area contributed by atoms with Crippen molar-refractivity contribution in [2.75, 3.05) is 19.6 Å². The molecule has 0 aliphatic carbocycles. The van der Waals surface area contributed by atoms with E-state index in [-0.39, 0.29) is 30.2 Å². The van der Waals surface area contributed by atoms with Gasteiger partial charge in [0.2, 0.25) is 5.91 Å². The molecule has 4 rings (SSSR count). The highest BCUT2D eigenvalue weighted by atomic mass is 35.5. The minimum atomic E-state index is -0.127. The summed E-state index contributed by atoms with van der Waals surface area (Å²) in [6.07, 6.45) is 2.02. The Kier molecular flexibility index (Phi) is 10.4. The average Bonchev–Trinajstić information content (AvgIpc) is 3.39. The molecule has 5 nitrogen and oxygen atoms in total. The first-order valence-corrected chi connectivity index (χ1v) is 14.7. The highest BCUT2D eigenvalue weighted by molar-refractivity contribution is 6.31. The van der Waals surface area contributed by atoms with Crippen molar-refractivity contribution < 1.29 is 9.59 Å². The molecule has 0 spiro atoms. The number of rotatable bonds is 12. The van der Waals surface area contributed by atoms with Crippen molar-refractivity contribution in [3.63, 3.8) is 0 Å². The zero-order valence-electron chi connectivity index (χ0n) is 24.5. The van der Waals surface area contributed by atoms with Gasteiger partial charge in [-0.25, -0.2) is 0 Å². The molecule has 4 aromatic rings. The van der Waals surface area contributed by atoms with Gasteiger partial charge in [0.1, 0.15) is 6.54 Å². The predicted octanol–water partition coefficient (Wildman–Crippen LogP) is 7.64. The molecule has 214 valence electrons. The van der Waals surface area contributed by atoms with Gasteiger partial charge < -0.3 is 14.4 Å². The third kappa shape index (κ3) is 8.34. The van der Waals surface area contributed by atoms with Crippen LogP contribution in [0.1, 0.15) is 49.3 Å². The number of halogens is 1. The molecule has 0 bridgehead atoms. The second-order valence-electron chi connectivity index (χ2n) is 11.4. The molecule has 0 radical (unpaired) electrons. The predicted molar refractivity (Wildman–Crippen MR) is 168 cm³/mol. The van der Waals surface area contributed by atoms with Crippen LogP contribution in [-0.4, -0.2) is 45.8 Å². The van der Waals surface area contributed by atoms with Crippen LogP contribution in [0, 0.1) is 11.8 Å². The van der Waals surface area contributed by atoms with E-state index in [1.807, 2.05) is 90.0 Å². The first kappa shape index (κ1) is 30.1. The van der Waals surface area contributed by atoms with Crippen LogP contribution in [0.5, 0.6) is 0 Å². The van der Waals surface area contributed by atoms with E-state index >= 15 is 0 Å². The Morgan fingerprint density at radius 1 is 0.732 bits per heavy atom. The molecule has 6 heteroatoms. The molecule has 0 atom stereocenters. The minimum Gasteiger partial charge on any atom is -0.345 e. The number of aromatic nitrogens is 1. The molecule has 1 aromatic heterocycles. The summed E-state index contributed by atoms with van der Waals surface area (Å²) in [5.74, 6) is 0.324. The van der Waals surface area contributed by atoms with Gasteiger partial charge in [-0.3, -0.25) is 9.59 Å². The number of hydrogen-bond acceptors (Lipinski definition) is 2. The number of benzene rings is 3. The fraction of sp³-hybridized carbons (Fsp3) is 0.314. The van der Waals surface area contributed by atoms with Gasteiger partial charge in [-0.2, -0.15) is 0 Å². The second-order valence-corrected chi connectivity index (χ2v) is 11.8. The maximum absolute atomic E-state index is 13.8. The third-order valence-electron chi connectivity index (χ3n) is 6.95. The van der Waals surface area contributed by atoms with Crippen molar-refractivity contribution in [3.8, 4) is 11.1 Å². The monoisotopic (exact) mass is 569 g/mol. The number of carbonyl (C=O) groups is 2. The molecule has 3 aromatic carbocycles. The van der Waals surface area contributed by atoms with Crippen LogP contribution in [0.2, 0.25) is 5.02 Å². The van der Waals surface area contributed by atoms with Gasteiger partial charge in [0.05, 0.1) is 6.54 Å². The molecule has 0 saturated heterocycles. The lowest BCUT2D eigenvalue weighted by Crippen LogP contribution is -2.45. The van der Waals surface area contributed by atoms with E-state index in [1.165, 1.54) is 0 Å². The number of hydrogen-bond donors (Lipinski definition) is 0. The summed E-state index contributed by atoms with van der Waals surface area (Å²) in [6.45, 7) is 10.6. The maximum Gasteiger partial charge on any atom is 0.254 e. The maximum atomic E-state index is 13.8. The molecular weight excluding hydrogens is 530 g/mol. The van der Waals surface area contributed by atoms with Gasteiger partial charge >= 0.3 is 0 Å². The van der Waals surface area contributed by atoms with Gasteiger partial charge in [0, 0.05) is 42.1 Å². The van der Waals surface area contributed by atoms with E-state index in [9.17, 15) is 9.59 Å². The molecule has 0 unspecified atom stereocenters. The highest BCUT2D eigenvalue weighted by Gasteiger charge is 2.24. The summed E-state index contributed by atoms with van der Waals surface area (Å²) < 4.78 is 2.13. The molecule has 0 aliphatic rings. The van der Waals surface area contributed by atoms with Crippen LogP contribution in [-0.2, 0) is 17.9 Å². The van der Waals surface area contributed by atoms with Crippen molar-refractivity contribution >= 4 is 23.4 Å². The summed E-state index contributed by atoms with van der Waals surface area (Å²) in [4.78, 5) is 31.0. The average molecular weight is 570 g/mol. The molecular formula is C35H40ClN3O2. The van der Waals surface area contributed by atoms with Crippen molar-refractivity contribution in [2.24, 2.45) is 11.8 Å². The van der Waals surface area contributed by atoms with Gasteiger partial charge in [0.15, 0.2) is 0 Å². The third-order valence-corrected chi connectivity index (χ3v) is 7.32. The summed E-state index contributed by atoms with van der Waals surface area (Å²) in [5, 5.41) is 0.724. The van der Waals surface area contributed by atoms with Crippen LogP contribution in [0.15, 0.2) is 97.2 Å². The fourth-order valence-corrected chi connectivity index (χ4v) is 5.19. The molecule has 41 heavy (non-hydrogen) atoms. The first-order chi connectivity index (χ1) is 19.7. The molecule has 0 saturated carbocycles.